The Kier molecular flexibility index (Phi) is 4.73. The van der Waals surface area contributed by atoms with E-state index in [0.29, 0.717) is 5.41 Å². The van der Waals surface area contributed by atoms with E-state index >= 15 is 0 Å². The van der Waals surface area contributed by atoms with Gasteiger partial charge in [0.1, 0.15) is 0 Å². The lowest BCUT2D eigenvalue weighted by atomic mass is 9.45. The second-order valence-corrected chi connectivity index (χ2v) is 9.46. The lowest BCUT2D eigenvalue weighted by Gasteiger charge is -2.60. The number of hydrogen-bond donors (Lipinski definition) is 1. The van der Waals surface area contributed by atoms with Crippen LogP contribution in [0.5, 0.6) is 0 Å². The molecule has 3 atom stereocenters. The van der Waals surface area contributed by atoms with Crippen LogP contribution >= 0.6 is 0 Å². The van der Waals surface area contributed by atoms with Crippen molar-refractivity contribution in [2.24, 2.45) is 23.2 Å². The molecule has 3 unspecified atom stereocenters. The van der Waals surface area contributed by atoms with Crippen LogP contribution < -0.4 is 5.32 Å². The van der Waals surface area contributed by atoms with Gasteiger partial charge < -0.3 is 10.2 Å². The molecule has 0 amide bonds. The summed E-state index contributed by atoms with van der Waals surface area (Å²) in [4.78, 5) is 6.61. The van der Waals surface area contributed by atoms with Crippen LogP contribution in [0, 0.1) is 29.7 Å². The lowest BCUT2D eigenvalue weighted by molar-refractivity contribution is -0.108. The van der Waals surface area contributed by atoms with Crippen molar-refractivity contribution in [2.75, 3.05) is 25.0 Å². The van der Waals surface area contributed by atoms with Crippen molar-refractivity contribution < 1.29 is 0 Å². The third-order valence-corrected chi connectivity index (χ3v) is 7.87. The summed E-state index contributed by atoms with van der Waals surface area (Å²) in [7, 11) is 0. The highest BCUT2D eigenvalue weighted by Crippen LogP contribution is 2.62. The average Bonchev–Trinajstić information content (AvgIpc) is 2.68. The number of benzene rings is 1. The van der Waals surface area contributed by atoms with E-state index < -0.39 is 5.66 Å². The number of hydrogen-bond acceptors (Lipinski definition) is 2. The molecule has 4 aliphatic rings. The number of nitrogens with one attached hydrogen (secondary N) is 1. The van der Waals surface area contributed by atoms with Gasteiger partial charge in [-0.05, 0) is 67.5 Å². The maximum absolute atomic E-state index is 7.74. The summed E-state index contributed by atoms with van der Waals surface area (Å²) < 4.78 is 0. The molecule has 5 rings (SSSR count). The minimum atomic E-state index is -0.411. The molecule has 1 heterocycles. The summed E-state index contributed by atoms with van der Waals surface area (Å²) in [5, 5.41) is 3.51. The largest absolute Gasteiger partial charge is 0.314 e. The second kappa shape index (κ2) is 6.89. The summed E-state index contributed by atoms with van der Waals surface area (Å²) in [6, 6.07) is 10.2. The Labute approximate surface area is 159 Å². The fourth-order valence-corrected chi connectivity index (χ4v) is 5.86. The molecule has 3 saturated carbocycles. The van der Waals surface area contributed by atoms with E-state index in [9.17, 15) is 0 Å². The number of anilines is 1. The molecule has 0 aromatic heterocycles. The number of piperidine rings is 1. The maximum Gasteiger partial charge on any atom is 0.307 e. The van der Waals surface area contributed by atoms with Crippen LogP contribution in [0.15, 0.2) is 30.3 Å². The molecule has 3 aliphatic carbocycles. The van der Waals surface area contributed by atoms with Crippen molar-refractivity contribution in [1.29, 1.82) is 0 Å². The molecule has 1 N–H and O–H groups in total. The second-order valence-electron chi connectivity index (χ2n) is 9.46. The predicted octanol–water partition coefficient (Wildman–Crippen LogP) is 5.27. The molecule has 26 heavy (non-hydrogen) atoms. The highest BCUT2D eigenvalue weighted by Gasteiger charge is 2.53. The number of fused-ring (bicyclic) bond motifs is 2. The SMILES string of the molecule is [C-]#[N+]C1(Nc2ccccc2)CCN(CCC2CCC3CC2C3(C)C)CC1. The predicted molar refractivity (Wildman–Crippen MR) is 108 cm³/mol. The van der Waals surface area contributed by atoms with Crippen LogP contribution in [0.1, 0.15) is 52.4 Å². The van der Waals surface area contributed by atoms with Gasteiger partial charge in [-0.1, -0.05) is 32.0 Å². The first-order valence-electron chi connectivity index (χ1n) is 10.5. The molecule has 1 aromatic rings. The van der Waals surface area contributed by atoms with E-state index in [1.165, 1.54) is 32.2 Å². The molecule has 3 nitrogen and oxygen atoms in total. The van der Waals surface area contributed by atoms with Crippen LogP contribution in [-0.4, -0.2) is 30.2 Å². The van der Waals surface area contributed by atoms with Crippen molar-refractivity contribution in [3.8, 4) is 0 Å². The third-order valence-electron chi connectivity index (χ3n) is 7.87. The molecule has 3 heteroatoms. The van der Waals surface area contributed by atoms with Crippen LogP contribution in [0.2, 0.25) is 0 Å². The van der Waals surface area contributed by atoms with Gasteiger partial charge in [0.05, 0.1) is 12.8 Å². The molecule has 1 aliphatic heterocycles. The zero-order chi connectivity index (χ0) is 18.2. The quantitative estimate of drug-likeness (QED) is 0.729. The first-order valence-corrected chi connectivity index (χ1v) is 10.5. The summed E-state index contributed by atoms with van der Waals surface area (Å²) in [6.45, 7) is 16.1. The summed E-state index contributed by atoms with van der Waals surface area (Å²) in [6.07, 6.45) is 7.60. The smallest absolute Gasteiger partial charge is 0.307 e. The van der Waals surface area contributed by atoms with Gasteiger partial charge in [-0.15, -0.1) is 0 Å². The van der Waals surface area contributed by atoms with Crippen molar-refractivity contribution in [1.82, 2.24) is 4.90 Å². The van der Waals surface area contributed by atoms with Gasteiger partial charge in [0.25, 0.3) is 0 Å². The fourth-order valence-electron chi connectivity index (χ4n) is 5.86. The molecular formula is C23H33N3. The van der Waals surface area contributed by atoms with Crippen LogP contribution in [0.3, 0.4) is 0 Å². The van der Waals surface area contributed by atoms with Gasteiger partial charge in [0, 0.05) is 18.8 Å². The van der Waals surface area contributed by atoms with Crippen molar-refractivity contribution in [2.45, 2.75) is 58.0 Å². The van der Waals surface area contributed by atoms with Gasteiger partial charge in [-0.2, -0.15) is 0 Å². The van der Waals surface area contributed by atoms with Crippen molar-refractivity contribution >= 4 is 5.69 Å². The van der Waals surface area contributed by atoms with Gasteiger partial charge in [0.15, 0.2) is 0 Å². The van der Waals surface area contributed by atoms with E-state index in [-0.39, 0.29) is 0 Å². The number of rotatable bonds is 5. The molecule has 2 bridgehead atoms. The topological polar surface area (TPSA) is 19.6 Å². The third kappa shape index (κ3) is 3.25. The van der Waals surface area contributed by atoms with Crippen molar-refractivity contribution in [3.63, 3.8) is 0 Å². The highest BCUT2D eigenvalue weighted by atomic mass is 15.2. The van der Waals surface area contributed by atoms with E-state index in [4.69, 9.17) is 6.57 Å². The number of para-hydroxylation sites is 1. The highest BCUT2D eigenvalue weighted by molar-refractivity contribution is 5.46. The average molecular weight is 352 g/mol. The molecule has 1 aromatic carbocycles. The van der Waals surface area contributed by atoms with Crippen molar-refractivity contribution in [3.05, 3.63) is 41.7 Å². The van der Waals surface area contributed by atoms with Crippen LogP contribution in [-0.2, 0) is 0 Å². The monoisotopic (exact) mass is 351 g/mol. The molecule has 4 fully saturated rings. The Morgan fingerprint density at radius 1 is 1.15 bits per heavy atom. The zero-order valence-electron chi connectivity index (χ0n) is 16.4. The zero-order valence-corrected chi connectivity index (χ0v) is 16.4. The minimum absolute atomic E-state index is 0.411. The number of nitrogens with zero attached hydrogens (tertiary/aromatic N) is 2. The summed E-state index contributed by atoms with van der Waals surface area (Å²) >= 11 is 0. The maximum atomic E-state index is 7.74. The van der Waals surface area contributed by atoms with Crippen LogP contribution in [0.4, 0.5) is 5.69 Å². The van der Waals surface area contributed by atoms with Gasteiger partial charge in [0.2, 0.25) is 0 Å². The van der Waals surface area contributed by atoms with E-state index in [2.05, 4.69) is 41.0 Å². The Morgan fingerprint density at radius 3 is 2.50 bits per heavy atom. The van der Waals surface area contributed by atoms with Crippen LogP contribution in [0.25, 0.3) is 4.85 Å². The van der Waals surface area contributed by atoms with E-state index in [1.54, 1.807) is 0 Å². The fraction of sp³-hybridized carbons (Fsp3) is 0.696. The molecule has 0 spiro atoms. The lowest BCUT2D eigenvalue weighted by Crippen LogP contribution is -2.53. The molecule has 0 radical (unpaired) electrons. The van der Waals surface area contributed by atoms with Gasteiger partial charge in [-0.3, -0.25) is 4.85 Å². The Balaban J connectivity index is 1.27. The Bertz CT molecular complexity index is 650. The Morgan fingerprint density at radius 2 is 1.88 bits per heavy atom. The summed E-state index contributed by atoms with van der Waals surface area (Å²) in [5.74, 6) is 2.90. The standard InChI is InChI=1S/C23H33N3/c1-22(2)19-10-9-18(21(22)17-19)11-14-26-15-12-23(24-3,13-16-26)25-20-7-5-4-6-8-20/h4-8,18-19,21,25H,9-17H2,1-2H3. The normalized spacial score (nSPS) is 32.3. The first-order chi connectivity index (χ1) is 12.5. The Hall–Kier alpha value is -1.53. The molecular weight excluding hydrogens is 318 g/mol. The van der Waals surface area contributed by atoms with E-state index in [1.807, 2.05) is 18.2 Å². The van der Waals surface area contributed by atoms with Gasteiger partial charge in [-0.25, -0.2) is 6.57 Å². The molecule has 1 saturated heterocycles. The van der Waals surface area contributed by atoms with Gasteiger partial charge >= 0.3 is 5.66 Å². The minimum Gasteiger partial charge on any atom is -0.314 e. The first kappa shape index (κ1) is 17.9. The summed E-state index contributed by atoms with van der Waals surface area (Å²) in [5.41, 5.74) is 1.26. The molecule has 140 valence electrons. The number of likely N-dealkylation sites (tertiary alicyclic amines) is 1. The van der Waals surface area contributed by atoms with E-state index in [0.717, 1.165) is 49.4 Å².